The van der Waals surface area contributed by atoms with Gasteiger partial charge < -0.3 is 5.41 Å². The van der Waals surface area contributed by atoms with E-state index in [9.17, 15) is 0 Å². The highest BCUT2D eigenvalue weighted by Gasteiger charge is 2.09. The van der Waals surface area contributed by atoms with E-state index in [4.69, 9.17) is 5.41 Å². The second-order valence-corrected chi connectivity index (χ2v) is 3.55. The van der Waals surface area contributed by atoms with Crippen molar-refractivity contribution in [3.63, 3.8) is 0 Å². The first-order valence-electron chi connectivity index (χ1n) is 4.69. The smallest absolute Gasteiger partial charge is 0.0120 e. The van der Waals surface area contributed by atoms with E-state index in [1.165, 1.54) is 6.42 Å². The van der Waals surface area contributed by atoms with Gasteiger partial charge in [0.25, 0.3) is 0 Å². The molecule has 0 rings (SSSR count). The highest BCUT2D eigenvalue weighted by Crippen LogP contribution is 2.13. The van der Waals surface area contributed by atoms with Gasteiger partial charge in [-0.05, 0) is 24.7 Å². The lowest BCUT2D eigenvalue weighted by Gasteiger charge is -2.13. The van der Waals surface area contributed by atoms with Crippen LogP contribution in [0.1, 0.15) is 47.0 Å². The molecule has 0 bridgehead atoms. The molecule has 0 saturated heterocycles. The largest absolute Gasteiger partial charge is 0.309 e. The molecule has 0 amide bonds. The molecule has 2 unspecified atom stereocenters. The maximum atomic E-state index is 7.73. The molecule has 0 aromatic heterocycles. The van der Waals surface area contributed by atoms with Crippen molar-refractivity contribution in [3.05, 3.63) is 0 Å². The van der Waals surface area contributed by atoms with Gasteiger partial charge in [0.2, 0.25) is 0 Å². The highest BCUT2D eigenvalue weighted by atomic mass is 14.4. The highest BCUT2D eigenvalue weighted by molar-refractivity contribution is 5.83. The summed E-state index contributed by atoms with van der Waals surface area (Å²) in [5.74, 6) is 1.18. The van der Waals surface area contributed by atoms with Gasteiger partial charge in [0.05, 0.1) is 0 Å². The number of hydrogen-bond donors (Lipinski definition) is 1. The molecule has 2 atom stereocenters. The fourth-order valence-electron chi connectivity index (χ4n) is 0.967. The second-order valence-electron chi connectivity index (χ2n) is 3.55. The molecule has 0 aromatic carbocycles. The zero-order valence-corrected chi connectivity index (χ0v) is 8.28. The SMILES string of the molecule is CCC(C)CC(=N)C(C)CC. The summed E-state index contributed by atoms with van der Waals surface area (Å²) in [5, 5.41) is 7.73. The quantitative estimate of drug-likeness (QED) is 0.588. The Bertz CT molecular complexity index is 118. The summed E-state index contributed by atoms with van der Waals surface area (Å²) in [6.07, 6.45) is 3.29. The van der Waals surface area contributed by atoms with Gasteiger partial charge in [-0.2, -0.15) is 0 Å². The summed E-state index contributed by atoms with van der Waals surface area (Å²) in [6.45, 7) is 8.70. The Morgan fingerprint density at radius 3 is 2.09 bits per heavy atom. The van der Waals surface area contributed by atoms with Crippen LogP contribution < -0.4 is 0 Å². The molecule has 0 spiro atoms. The van der Waals surface area contributed by atoms with E-state index in [2.05, 4.69) is 27.7 Å². The van der Waals surface area contributed by atoms with Crippen molar-refractivity contribution in [3.8, 4) is 0 Å². The van der Waals surface area contributed by atoms with Crippen molar-refractivity contribution in [2.75, 3.05) is 0 Å². The maximum absolute atomic E-state index is 7.73. The monoisotopic (exact) mass is 155 g/mol. The minimum absolute atomic E-state index is 0.490. The summed E-state index contributed by atoms with van der Waals surface area (Å²) >= 11 is 0. The lowest BCUT2D eigenvalue weighted by Crippen LogP contribution is -2.12. The summed E-state index contributed by atoms with van der Waals surface area (Å²) < 4.78 is 0. The summed E-state index contributed by atoms with van der Waals surface area (Å²) in [7, 11) is 0. The van der Waals surface area contributed by atoms with Gasteiger partial charge >= 0.3 is 0 Å². The van der Waals surface area contributed by atoms with E-state index in [0.29, 0.717) is 11.8 Å². The fourth-order valence-corrected chi connectivity index (χ4v) is 0.967. The van der Waals surface area contributed by atoms with Crippen molar-refractivity contribution >= 4 is 5.71 Å². The molecule has 66 valence electrons. The minimum Gasteiger partial charge on any atom is -0.309 e. The van der Waals surface area contributed by atoms with Crippen molar-refractivity contribution < 1.29 is 0 Å². The summed E-state index contributed by atoms with van der Waals surface area (Å²) in [5.41, 5.74) is 0.932. The first-order valence-corrected chi connectivity index (χ1v) is 4.69. The molecule has 0 saturated carbocycles. The van der Waals surface area contributed by atoms with Crippen LogP contribution in [-0.4, -0.2) is 5.71 Å². The van der Waals surface area contributed by atoms with Gasteiger partial charge in [-0.1, -0.05) is 34.1 Å². The third-order valence-corrected chi connectivity index (χ3v) is 2.47. The van der Waals surface area contributed by atoms with Gasteiger partial charge in [0, 0.05) is 5.71 Å². The molecule has 1 N–H and O–H groups in total. The lowest BCUT2D eigenvalue weighted by molar-refractivity contribution is 0.565. The zero-order valence-electron chi connectivity index (χ0n) is 8.28. The first-order chi connectivity index (χ1) is 5.11. The normalized spacial score (nSPS) is 16.0. The Labute approximate surface area is 70.7 Å². The third-order valence-electron chi connectivity index (χ3n) is 2.47. The van der Waals surface area contributed by atoms with Crippen LogP contribution in [-0.2, 0) is 0 Å². The molecule has 0 aliphatic rings. The lowest BCUT2D eigenvalue weighted by atomic mass is 9.93. The zero-order chi connectivity index (χ0) is 8.85. The van der Waals surface area contributed by atoms with Gasteiger partial charge in [-0.25, -0.2) is 0 Å². The minimum atomic E-state index is 0.490. The van der Waals surface area contributed by atoms with Crippen molar-refractivity contribution in [2.45, 2.75) is 47.0 Å². The molecule has 0 aliphatic carbocycles. The van der Waals surface area contributed by atoms with Crippen molar-refractivity contribution in [2.24, 2.45) is 11.8 Å². The molecular formula is C10H21N. The average molecular weight is 155 g/mol. The van der Waals surface area contributed by atoms with E-state index < -0.39 is 0 Å². The summed E-state index contributed by atoms with van der Waals surface area (Å²) in [4.78, 5) is 0. The molecule has 0 aromatic rings. The molecule has 1 heteroatoms. The van der Waals surface area contributed by atoms with Crippen LogP contribution in [0.3, 0.4) is 0 Å². The second kappa shape index (κ2) is 5.34. The van der Waals surface area contributed by atoms with E-state index in [-0.39, 0.29) is 0 Å². The van der Waals surface area contributed by atoms with E-state index in [1.54, 1.807) is 0 Å². The van der Waals surface area contributed by atoms with Crippen molar-refractivity contribution in [1.29, 1.82) is 5.41 Å². The molecule has 1 nitrogen and oxygen atoms in total. The van der Waals surface area contributed by atoms with Crippen LogP contribution in [0.25, 0.3) is 0 Å². The predicted octanol–water partition coefficient (Wildman–Crippen LogP) is 3.49. The first kappa shape index (κ1) is 10.7. The van der Waals surface area contributed by atoms with Gasteiger partial charge in [0.15, 0.2) is 0 Å². The molecule has 0 fully saturated rings. The number of rotatable bonds is 5. The van der Waals surface area contributed by atoms with Crippen LogP contribution in [0.2, 0.25) is 0 Å². The Balaban J connectivity index is 3.68. The van der Waals surface area contributed by atoms with E-state index in [1.807, 2.05) is 0 Å². The Kier molecular flexibility index (Phi) is 5.18. The molecule has 0 aliphatic heterocycles. The van der Waals surface area contributed by atoms with Gasteiger partial charge in [-0.15, -0.1) is 0 Å². The van der Waals surface area contributed by atoms with Crippen LogP contribution in [0.5, 0.6) is 0 Å². The topological polar surface area (TPSA) is 23.9 Å². The van der Waals surface area contributed by atoms with Gasteiger partial charge in [-0.3, -0.25) is 0 Å². The fraction of sp³-hybridized carbons (Fsp3) is 0.900. The number of nitrogens with one attached hydrogen (secondary N) is 1. The number of hydrogen-bond acceptors (Lipinski definition) is 1. The molecule has 0 heterocycles. The van der Waals surface area contributed by atoms with Gasteiger partial charge in [0.1, 0.15) is 0 Å². The van der Waals surface area contributed by atoms with Crippen LogP contribution >= 0.6 is 0 Å². The van der Waals surface area contributed by atoms with Crippen LogP contribution in [0.15, 0.2) is 0 Å². The van der Waals surface area contributed by atoms with E-state index >= 15 is 0 Å². The van der Waals surface area contributed by atoms with Crippen LogP contribution in [0.4, 0.5) is 0 Å². The Morgan fingerprint density at radius 2 is 1.73 bits per heavy atom. The Morgan fingerprint density at radius 1 is 1.18 bits per heavy atom. The molecule has 0 radical (unpaired) electrons. The summed E-state index contributed by atoms with van der Waals surface area (Å²) in [6, 6.07) is 0. The van der Waals surface area contributed by atoms with Crippen LogP contribution in [0, 0.1) is 17.2 Å². The predicted molar refractivity (Wildman–Crippen MR) is 51.3 cm³/mol. The molecular weight excluding hydrogens is 134 g/mol. The Hall–Kier alpha value is -0.330. The third kappa shape index (κ3) is 4.18. The standard InChI is InChI=1S/C10H21N/c1-5-8(3)7-10(11)9(4)6-2/h8-9,11H,5-7H2,1-4H3. The average Bonchev–Trinajstić information content (AvgIpc) is 2.02. The van der Waals surface area contributed by atoms with Crippen molar-refractivity contribution in [1.82, 2.24) is 0 Å². The maximum Gasteiger partial charge on any atom is 0.0120 e. The van der Waals surface area contributed by atoms with E-state index in [0.717, 1.165) is 18.6 Å². The molecule has 11 heavy (non-hydrogen) atoms.